The lowest BCUT2D eigenvalue weighted by Crippen LogP contribution is -2.40. The minimum absolute atomic E-state index is 0.0442. The molecular weight excluding hydrogens is 482 g/mol. The lowest BCUT2D eigenvalue weighted by atomic mass is 9.57. The molecule has 4 aromatic rings. The van der Waals surface area contributed by atoms with Crippen LogP contribution in [0.5, 0.6) is 5.75 Å². The SMILES string of the molecule is C[C@]12Cc3cnn(-c4ccc(F)cc4)c3C=C1CCC[C@@H]2[C@@H](O)c1ccc(F)c(OCc2ccccc2)c1. The molecule has 2 aliphatic carbocycles. The molecule has 1 saturated carbocycles. The number of hydrogen-bond donors (Lipinski definition) is 1. The fraction of sp³-hybridized carbons (Fsp3) is 0.281. The number of halogens is 2. The molecule has 3 aromatic carbocycles. The molecule has 0 saturated heterocycles. The van der Waals surface area contributed by atoms with Crippen LogP contribution < -0.4 is 4.74 Å². The third-order valence-corrected chi connectivity index (χ3v) is 8.25. The average Bonchev–Trinajstić information content (AvgIpc) is 3.33. The fourth-order valence-electron chi connectivity index (χ4n) is 6.16. The Hall–Kier alpha value is -3.77. The second-order valence-corrected chi connectivity index (χ2v) is 10.6. The van der Waals surface area contributed by atoms with E-state index in [0.717, 1.165) is 48.2 Å². The molecule has 3 atom stereocenters. The highest BCUT2D eigenvalue weighted by molar-refractivity contribution is 5.61. The Balaban J connectivity index is 1.27. The molecule has 38 heavy (non-hydrogen) atoms. The van der Waals surface area contributed by atoms with Crippen LogP contribution >= 0.6 is 0 Å². The minimum Gasteiger partial charge on any atom is -0.486 e. The third-order valence-electron chi connectivity index (χ3n) is 8.25. The number of fused-ring (bicyclic) bond motifs is 2. The number of nitrogens with zero attached hydrogens (tertiary/aromatic N) is 2. The number of benzene rings is 3. The summed E-state index contributed by atoms with van der Waals surface area (Å²) in [6.07, 6.45) is 6.83. The average molecular weight is 513 g/mol. The second-order valence-electron chi connectivity index (χ2n) is 10.6. The largest absolute Gasteiger partial charge is 0.486 e. The smallest absolute Gasteiger partial charge is 0.165 e. The predicted octanol–water partition coefficient (Wildman–Crippen LogP) is 7.21. The van der Waals surface area contributed by atoms with Gasteiger partial charge >= 0.3 is 0 Å². The maximum absolute atomic E-state index is 14.6. The van der Waals surface area contributed by atoms with E-state index in [1.165, 1.54) is 23.8 Å². The van der Waals surface area contributed by atoms with Gasteiger partial charge in [-0.05, 0) is 96.2 Å². The van der Waals surface area contributed by atoms with Gasteiger partial charge in [-0.15, -0.1) is 0 Å². The Kier molecular flexibility index (Phi) is 6.36. The lowest BCUT2D eigenvalue weighted by Gasteiger charge is -2.47. The second kappa shape index (κ2) is 9.84. The number of aliphatic hydroxyl groups is 1. The molecular formula is C32H30F2N2O2. The van der Waals surface area contributed by atoms with Crippen molar-refractivity contribution in [1.82, 2.24) is 9.78 Å². The highest BCUT2D eigenvalue weighted by Crippen LogP contribution is 2.55. The molecule has 6 heteroatoms. The Labute approximate surface area is 221 Å². The summed E-state index contributed by atoms with van der Waals surface area (Å²) in [6.45, 7) is 2.48. The van der Waals surface area contributed by atoms with Crippen LogP contribution in [0, 0.1) is 23.0 Å². The molecule has 1 aromatic heterocycles. The minimum atomic E-state index is -0.767. The van der Waals surface area contributed by atoms with E-state index < -0.39 is 11.9 Å². The van der Waals surface area contributed by atoms with Crippen LogP contribution in [-0.2, 0) is 13.0 Å². The Bertz CT molecular complexity index is 1480. The Morgan fingerprint density at radius 3 is 2.66 bits per heavy atom. The summed E-state index contributed by atoms with van der Waals surface area (Å²) < 4.78 is 35.7. The van der Waals surface area contributed by atoms with Crippen molar-refractivity contribution in [1.29, 1.82) is 0 Å². The van der Waals surface area contributed by atoms with Crippen LogP contribution in [0.2, 0.25) is 0 Å². The van der Waals surface area contributed by atoms with Crippen LogP contribution in [0.25, 0.3) is 11.8 Å². The van der Waals surface area contributed by atoms with E-state index in [1.54, 1.807) is 24.3 Å². The first kappa shape index (κ1) is 24.6. The zero-order chi connectivity index (χ0) is 26.3. The molecule has 1 heterocycles. The first-order valence-corrected chi connectivity index (χ1v) is 13.1. The van der Waals surface area contributed by atoms with E-state index in [1.807, 2.05) is 41.2 Å². The van der Waals surface area contributed by atoms with E-state index in [4.69, 9.17) is 4.74 Å². The maximum Gasteiger partial charge on any atom is 0.165 e. The van der Waals surface area contributed by atoms with Gasteiger partial charge in [0.2, 0.25) is 0 Å². The van der Waals surface area contributed by atoms with Gasteiger partial charge in [-0.1, -0.05) is 48.9 Å². The molecule has 0 spiro atoms. The normalized spacial score (nSPS) is 21.3. The molecule has 1 N–H and O–H groups in total. The van der Waals surface area contributed by atoms with Crippen molar-refractivity contribution in [3.8, 4) is 11.4 Å². The summed E-state index contributed by atoms with van der Waals surface area (Å²) in [6, 6.07) is 20.7. The molecule has 6 rings (SSSR count). The Morgan fingerprint density at radius 1 is 1.08 bits per heavy atom. The number of aromatic nitrogens is 2. The van der Waals surface area contributed by atoms with Gasteiger partial charge in [0.15, 0.2) is 11.6 Å². The number of hydrogen-bond acceptors (Lipinski definition) is 3. The number of allylic oxidation sites excluding steroid dienone is 1. The summed E-state index contributed by atoms with van der Waals surface area (Å²) in [5, 5.41) is 16.3. The van der Waals surface area contributed by atoms with E-state index in [-0.39, 0.29) is 29.5 Å². The van der Waals surface area contributed by atoms with Crippen molar-refractivity contribution in [3.05, 3.63) is 119 Å². The first-order chi connectivity index (χ1) is 18.4. The molecule has 0 radical (unpaired) electrons. The van der Waals surface area contributed by atoms with Gasteiger partial charge in [-0.3, -0.25) is 0 Å². The molecule has 194 valence electrons. The first-order valence-electron chi connectivity index (χ1n) is 13.1. The number of aliphatic hydroxyl groups excluding tert-OH is 1. The molecule has 4 nitrogen and oxygen atoms in total. The summed E-state index contributed by atoms with van der Waals surface area (Å²) in [4.78, 5) is 0. The standard InChI is InChI=1S/C32H30F2N2O2/c1-32-18-23-19-35-36(26-13-11-25(33)12-14-26)29(23)17-24(32)8-5-9-27(32)31(37)22-10-15-28(34)30(16-22)38-20-21-6-3-2-4-7-21/h2-4,6-7,10-17,19,27,31,37H,5,8-9,18,20H2,1H3/t27-,31+,32+/m1/s1. The van der Waals surface area contributed by atoms with E-state index in [2.05, 4.69) is 18.1 Å². The monoisotopic (exact) mass is 512 g/mol. The van der Waals surface area contributed by atoms with E-state index in [9.17, 15) is 13.9 Å². The van der Waals surface area contributed by atoms with Crippen LogP contribution in [0.4, 0.5) is 8.78 Å². The summed E-state index contributed by atoms with van der Waals surface area (Å²) in [5.74, 6) is -0.618. The fourth-order valence-corrected chi connectivity index (χ4v) is 6.16. The topological polar surface area (TPSA) is 47.3 Å². The Morgan fingerprint density at radius 2 is 1.87 bits per heavy atom. The van der Waals surface area contributed by atoms with Crippen LogP contribution in [-0.4, -0.2) is 14.9 Å². The van der Waals surface area contributed by atoms with Crippen molar-refractivity contribution in [2.45, 2.75) is 45.3 Å². The van der Waals surface area contributed by atoms with Crippen LogP contribution in [0.1, 0.15) is 54.7 Å². The van der Waals surface area contributed by atoms with Crippen LogP contribution in [0.3, 0.4) is 0 Å². The lowest BCUT2D eigenvalue weighted by molar-refractivity contribution is 0.0215. The van der Waals surface area contributed by atoms with Gasteiger partial charge in [0.25, 0.3) is 0 Å². The van der Waals surface area contributed by atoms with E-state index >= 15 is 0 Å². The highest BCUT2D eigenvalue weighted by Gasteiger charge is 2.46. The zero-order valence-electron chi connectivity index (χ0n) is 21.3. The van der Waals surface area contributed by atoms with Gasteiger partial charge in [0.1, 0.15) is 12.4 Å². The molecule has 0 bridgehead atoms. The maximum atomic E-state index is 14.6. The summed E-state index contributed by atoms with van der Waals surface area (Å²) in [5.41, 5.74) is 5.56. The molecule has 1 fully saturated rings. The molecule has 0 aliphatic heterocycles. The van der Waals surface area contributed by atoms with Gasteiger partial charge in [-0.2, -0.15) is 5.10 Å². The van der Waals surface area contributed by atoms with Crippen molar-refractivity contribution in [2.24, 2.45) is 11.3 Å². The van der Waals surface area contributed by atoms with Crippen molar-refractivity contribution in [3.63, 3.8) is 0 Å². The molecule has 0 unspecified atom stereocenters. The summed E-state index contributed by atoms with van der Waals surface area (Å²) in [7, 11) is 0. The molecule has 2 aliphatic rings. The highest BCUT2D eigenvalue weighted by atomic mass is 19.1. The predicted molar refractivity (Wildman–Crippen MR) is 143 cm³/mol. The number of rotatable bonds is 6. The van der Waals surface area contributed by atoms with Gasteiger partial charge in [0.05, 0.1) is 23.7 Å². The third kappa shape index (κ3) is 4.43. The van der Waals surface area contributed by atoms with Crippen molar-refractivity contribution < 1.29 is 18.6 Å². The van der Waals surface area contributed by atoms with Crippen molar-refractivity contribution in [2.75, 3.05) is 0 Å². The van der Waals surface area contributed by atoms with Crippen LogP contribution in [0.15, 0.2) is 84.6 Å². The number of ether oxygens (including phenoxy) is 1. The van der Waals surface area contributed by atoms with E-state index in [0.29, 0.717) is 5.56 Å². The molecule has 0 amide bonds. The van der Waals surface area contributed by atoms with Crippen molar-refractivity contribution >= 4 is 6.08 Å². The van der Waals surface area contributed by atoms with Gasteiger partial charge in [0, 0.05) is 0 Å². The van der Waals surface area contributed by atoms with Gasteiger partial charge < -0.3 is 9.84 Å². The zero-order valence-corrected chi connectivity index (χ0v) is 21.3. The van der Waals surface area contributed by atoms with Gasteiger partial charge in [-0.25, -0.2) is 13.5 Å². The quantitative estimate of drug-likeness (QED) is 0.297. The summed E-state index contributed by atoms with van der Waals surface area (Å²) >= 11 is 0.